The van der Waals surface area contributed by atoms with E-state index in [2.05, 4.69) is 17.6 Å². The van der Waals surface area contributed by atoms with E-state index in [1.54, 1.807) is 19.3 Å². The second kappa shape index (κ2) is 16.7. The Bertz CT molecular complexity index is 2380. The van der Waals surface area contributed by atoms with Gasteiger partial charge >= 0.3 is 5.97 Å². The Morgan fingerprint density at radius 2 is 1.53 bits per heavy atom. The molecule has 0 saturated carbocycles. The van der Waals surface area contributed by atoms with Crippen molar-refractivity contribution in [1.29, 1.82) is 0 Å². The minimum absolute atomic E-state index is 0.0306. The number of rotatable bonds is 18. The van der Waals surface area contributed by atoms with Crippen LogP contribution in [-0.2, 0) is 31.6 Å². The van der Waals surface area contributed by atoms with Crippen molar-refractivity contribution in [2.24, 2.45) is 0 Å². The molecule has 4 aromatic rings. The van der Waals surface area contributed by atoms with Crippen LogP contribution in [0.15, 0.2) is 76.3 Å². The van der Waals surface area contributed by atoms with Gasteiger partial charge < -0.3 is 19.5 Å². The van der Waals surface area contributed by atoms with Crippen LogP contribution in [-0.4, -0.2) is 70.7 Å². The Morgan fingerprint density at radius 1 is 0.877 bits per heavy atom. The number of aliphatic carboxylic acids is 1. The van der Waals surface area contributed by atoms with E-state index >= 15 is 0 Å². The number of nitrogens with zero attached hydrogens (tertiary/aromatic N) is 4. The van der Waals surface area contributed by atoms with Gasteiger partial charge in [0.25, 0.3) is 11.4 Å². The Labute approximate surface area is 329 Å². The van der Waals surface area contributed by atoms with Crippen molar-refractivity contribution in [2.45, 2.75) is 76.3 Å². The zero-order valence-electron chi connectivity index (χ0n) is 32.6. The Balaban J connectivity index is 1.43. The van der Waals surface area contributed by atoms with Crippen LogP contribution < -0.4 is 26.2 Å². The van der Waals surface area contributed by atoms with E-state index in [4.69, 9.17) is 14.6 Å². The van der Waals surface area contributed by atoms with Gasteiger partial charge in [-0.05, 0) is 43.0 Å². The molecule has 2 aliphatic heterocycles. The third-order valence-corrected chi connectivity index (χ3v) is 11.4. The Morgan fingerprint density at radius 3 is 2.18 bits per heavy atom. The van der Waals surface area contributed by atoms with E-state index in [0.29, 0.717) is 51.2 Å². The van der Waals surface area contributed by atoms with Crippen molar-refractivity contribution in [2.75, 3.05) is 38.4 Å². The standard InChI is InChI=1S/C43H46N4O10/c1-42(2)33-12-7-9-14-35(33)45(27-28-22-29(46(52)53)24-30(23-28)47(54)55)37(42)25-31-40(50)32(41(31)51)26-38-43(3,17-11-5-6-16-39(48)49)34-13-8-10-15-36(34)44(38)18-19-57-21-20-56-4/h7-10,12-15,22-26,37H,5-6,11,16-21,27H2,1-4H3/p+1. The zero-order valence-corrected chi connectivity index (χ0v) is 32.6. The topological polar surface area (TPSA) is 182 Å². The highest BCUT2D eigenvalue weighted by atomic mass is 16.6. The number of nitro groups is 2. The highest BCUT2D eigenvalue weighted by molar-refractivity contribution is 6.15. The summed E-state index contributed by atoms with van der Waals surface area (Å²) < 4.78 is 13.1. The van der Waals surface area contributed by atoms with Crippen molar-refractivity contribution in [3.05, 3.63) is 135 Å². The second-order valence-electron chi connectivity index (χ2n) is 15.4. The predicted molar refractivity (Wildman–Crippen MR) is 216 cm³/mol. The third kappa shape index (κ3) is 8.05. The molecule has 0 amide bonds. The number of methoxy groups -OCH3 is 1. The van der Waals surface area contributed by atoms with E-state index in [0.717, 1.165) is 40.7 Å². The molecule has 0 bridgehead atoms. The highest BCUT2D eigenvalue weighted by Crippen LogP contribution is 2.47. The Hall–Kier alpha value is -5.86. The molecule has 0 spiro atoms. The summed E-state index contributed by atoms with van der Waals surface area (Å²) in [4.78, 5) is 63.5. The molecule has 2 aliphatic rings. The molecule has 0 saturated heterocycles. The summed E-state index contributed by atoms with van der Waals surface area (Å²) in [5.74, 6) is -0.837. The molecule has 298 valence electrons. The number of hydrogen-bond donors (Lipinski definition) is 1. The van der Waals surface area contributed by atoms with Crippen LogP contribution in [0, 0.1) is 20.2 Å². The highest BCUT2D eigenvalue weighted by Gasteiger charge is 2.48. The van der Waals surface area contributed by atoms with Crippen LogP contribution in [0.3, 0.4) is 0 Å². The maximum atomic E-state index is 14.2. The maximum absolute atomic E-state index is 14.2. The smallest absolute Gasteiger partial charge is 0.303 e. The average molecular weight is 780 g/mol. The van der Waals surface area contributed by atoms with Crippen molar-refractivity contribution in [3.63, 3.8) is 0 Å². The first-order valence-corrected chi connectivity index (χ1v) is 19.0. The van der Waals surface area contributed by atoms with E-state index in [1.165, 1.54) is 12.1 Å². The maximum Gasteiger partial charge on any atom is 0.303 e. The van der Waals surface area contributed by atoms with Gasteiger partial charge in [0.15, 0.2) is 12.3 Å². The number of non-ortho nitro benzene ring substituents is 2. The minimum Gasteiger partial charge on any atom is -0.481 e. The summed E-state index contributed by atoms with van der Waals surface area (Å²) in [5.41, 5.74) is 2.00. The molecule has 2 heterocycles. The fourth-order valence-electron chi connectivity index (χ4n) is 8.43. The quantitative estimate of drug-likeness (QED) is 0.0635. The molecule has 0 radical (unpaired) electrons. The summed E-state index contributed by atoms with van der Waals surface area (Å²) in [5, 5.41) is 32.7. The normalized spacial score (nSPS) is 18.1. The van der Waals surface area contributed by atoms with Crippen LogP contribution in [0.2, 0.25) is 0 Å². The van der Waals surface area contributed by atoms with Gasteiger partial charge in [-0.1, -0.05) is 63.1 Å². The lowest BCUT2D eigenvalue weighted by Gasteiger charge is -2.32. The average Bonchev–Trinajstić information content (AvgIpc) is 3.54. The molecule has 6 rings (SSSR count). The van der Waals surface area contributed by atoms with Crippen LogP contribution >= 0.6 is 0 Å². The van der Waals surface area contributed by atoms with Gasteiger partial charge in [-0.15, -0.1) is 0 Å². The molecular formula is C43H47N4O10+. The molecule has 14 heteroatoms. The monoisotopic (exact) mass is 779 g/mol. The van der Waals surface area contributed by atoms with Gasteiger partial charge in [0.05, 0.1) is 51.0 Å². The SMILES string of the molecule is COCCOCC[N+]1=C(C=c2c(=O)c(=CC3N(Cc4cc([N+](=O)[O-])cc([N+](=O)[O-])c4)c4ccccc4C3(C)C)c2=O)C(C)(CCCCCC(=O)O)c2ccccc21. The molecule has 0 aliphatic carbocycles. The van der Waals surface area contributed by atoms with E-state index in [9.17, 15) is 34.6 Å². The minimum atomic E-state index is -0.837. The number of carboxylic acids is 1. The molecule has 57 heavy (non-hydrogen) atoms. The number of carboxylic acid groups (broad SMARTS) is 1. The summed E-state index contributed by atoms with van der Waals surface area (Å²) in [7, 11) is 1.60. The number of ether oxygens (including phenoxy) is 2. The summed E-state index contributed by atoms with van der Waals surface area (Å²) >= 11 is 0. The van der Waals surface area contributed by atoms with Crippen LogP contribution in [0.4, 0.5) is 22.7 Å². The lowest BCUT2D eigenvalue weighted by atomic mass is 9.75. The van der Waals surface area contributed by atoms with Gasteiger partial charge in [0.2, 0.25) is 16.5 Å². The number of para-hydroxylation sites is 2. The lowest BCUT2D eigenvalue weighted by molar-refractivity contribution is -0.441. The number of nitro benzene ring substituents is 2. The fraction of sp³-hybridized carbons (Fsp3) is 0.395. The Kier molecular flexibility index (Phi) is 12.0. The summed E-state index contributed by atoms with van der Waals surface area (Å²) in [6.45, 7) is 7.80. The van der Waals surface area contributed by atoms with E-state index in [1.807, 2.05) is 61.2 Å². The number of anilines is 1. The van der Waals surface area contributed by atoms with Gasteiger partial charge in [-0.2, -0.15) is 4.58 Å². The van der Waals surface area contributed by atoms with Crippen molar-refractivity contribution >= 4 is 46.6 Å². The van der Waals surface area contributed by atoms with E-state index in [-0.39, 0.29) is 23.4 Å². The number of hydrogen-bond acceptors (Lipinski definition) is 10. The zero-order chi connectivity index (χ0) is 41.1. The fourth-order valence-corrected chi connectivity index (χ4v) is 8.43. The van der Waals surface area contributed by atoms with Crippen molar-refractivity contribution < 1.29 is 33.8 Å². The number of benzene rings is 3. The molecule has 0 fully saturated rings. The summed E-state index contributed by atoms with van der Waals surface area (Å²) in [6, 6.07) is 18.5. The molecular weight excluding hydrogens is 732 g/mol. The van der Waals surface area contributed by atoms with Crippen molar-refractivity contribution in [3.8, 4) is 0 Å². The van der Waals surface area contributed by atoms with Gasteiger partial charge in [0, 0.05) is 61.0 Å². The number of carbonyl (C=O) groups is 1. The first kappa shape index (κ1) is 40.8. The molecule has 2 atom stereocenters. The molecule has 1 N–H and O–H groups in total. The molecule has 14 nitrogen and oxygen atoms in total. The first-order valence-electron chi connectivity index (χ1n) is 19.0. The van der Waals surface area contributed by atoms with E-state index < -0.39 is 54.9 Å². The van der Waals surface area contributed by atoms with Gasteiger partial charge in [0.1, 0.15) is 6.61 Å². The third-order valence-electron chi connectivity index (χ3n) is 11.4. The first-order chi connectivity index (χ1) is 27.2. The van der Waals surface area contributed by atoms with Crippen molar-refractivity contribution in [1.82, 2.24) is 0 Å². The molecule has 0 aromatic heterocycles. The van der Waals surface area contributed by atoms with Gasteiger partial charge in [-0.3, -0.25) is 34.6 Å². The second-order valence-corrected chi connectivity index (χ2v) is 15.4. The van der Waals surface area contributed by atoms with Gasteiger partial charge in [-0.25, -0.2) is 0 Å². The number of unbranched alkanes of at least 4 members (excludes halogenated alkanes) is 2. The predicted octanol–water partition coefficient (Wildman–Crippen LogP) is 4.78. The largest absolute Gasteiger partial charge is 0.481 e. The number of fused-ring (bicyclic) bond motifs is 2. The van der Waals surface area contributed by atoms with Crippen LogP contribution in [0.25, 0.3) is 12.2 Å². The van der Waals surface area contributed by atoms with Crippen LogP contribution in [0.1, 0.15) is 69.6 Å². The summed E-state index contributed by atoms with van der Waals surface area (Å²) in [6.07, 6.45) is 6.11. The molecule has 2 unspecified atom stereocenters. The molecule has 4 aromatic carbocycles. The van der Waals surface area contributed by atoms with Crippen LogP contribution in [0.5, 0.6) is 0 Å². The lowest BCUT2D eigenvalue weighted by Crippen LogP contribution is -2.66.